The predicted octanol–water partition coefficient (Wildman–Crippen LogP) is -0.601. The Balaban J connectivity index is 1.53. The van der Waals surface area contributed by atoms with Crippen molar-refractivity contribution >= 4 is 66.4 Å². The first-order valence-electron chi connectivity index (χ1n) is 11.4. The van der Waals surface area contributed by atoms with E-state index in [0.29, 0.717) is 0 Å². The molecule has 0 atom stereocenters. The number of carbonyl (C=O) groups is 4. The molecule has 0 heterocycles. The van der Waals surface area contributed by atoms with Crippen LogP contribution in [-0.2, 0) is 39.2 Å². The Labute approximate surface area is 246 Å². The Morgan fingerprint density at radius 2 is 0.886 bits per heavy atom. The third-order valence-corrected chi connectivity index (χ3v) is 7.63. The van der Waals surface area contributed by atoms with Crippen LogP contribution in [0.4, 0.5) is 22.7 Å². The molecule has 0 fully saturated rings. The third-order valence-electron chi connectivity index (χ3n) is 5.10. The van der Waals surface area contributed by atoms with Crippen LogP contribution < -0.4 is 31.1 Å². The first kappa shape index (κ1) is 32.7. The van der Waals surface area contributed by atoms with Gasteiger partial charge in [0.2, 0.25) is 0 Å². The molecule has 0 aromatic heterocycles. The van der Waals surface area contributed by atoms with E-state index in [1.807, 2.05) is 0 Å². The Morgan fingerprint density at radius 1 is 0.545 bits per heavy atom. The topological polar surface area (TPSA) is 295 Å². The van der Waals surface area contributed by atoms with Crippen molar-refractivity contribution in [3.05, 3.63) is 93.0 Å². The molecule has 0 spiro atoms. The monoisotopic (exact) mass is 650 g/mol. The van der Waals surface area contributed by atoms with Crippen molar-refractivity contribution in [3.63, 3.8) is 0 Å². The van der Waals surface area contributed by atoms with Gasteiger partial charge in [-0.1, -0.05) is 6.07 Å². The van der Waals surface area contributed by atoms with Crippen molar-refractivity contribution < 1.29 is 45.9 Å². The molecule has 0 unspecified atom stereocenters. The molecule has 0 aliphatic carbocycles. The van der Waals surface area contributed by atoms with Gasteiger partial charge in [-0.25, -0.2) is 16.8 Å². The second kappa shape index (κ2) is 13.4. The van der Waals surface area contributed by atoms with Crippen molar-refractivity contribution in [1.29, 1.82) is 0 Å². The summed E-state index contributed by atoms with van der Waals surface area (Å²) in [5.41, 5.74) is 2.36. The number of benzene rings is 3. The van der Waals surface area contributed by atoms with Crippen LogP contribution in [0.1, 0.15) is 0 Å². The summed E-state index contributed by atoms with van der Waals surface area (Å²) in [6.45, 7) is 0. The molecule has 0 aliphatic heterocycles. The quantitative estimate of drug-likeness (QED) is 0.0911. The van der Waals surface area contributed by atoms with Gasteiger partial charge in [0.15, 0.2) is 0 Å². The van der Waals surface area contributed by atoms with Crippen molar-refractivity contribution in [2.75, 3.05) is 10.6 Å². The summed E-state index contributed by atoms with van der Waals surface area (Å²) < 4.78 is 49.0. The van der Waals surface area contributed by atoms with Crippen LogP contribution in [0.2, 0.25) is 0 Å². The van der Waals surface area contributed by atoms with Gasteiger partial charge in [-0.2, -0.15) is 0 Å². The number of amides is 4. The minimum atomic E-state index is -4.40. The van der Waals surface area contributed by atoms with Crippen molar-refractivity contribution in [3.8, 4) is 0 Å². The molecule has 3 rings (SSSR count). The summed E-state index contributed by atoms with van der Waals surface area (Å²) in [5, 5.41) is 25.6. The number of nitrogens with zero attached hydrogens (tertiary/aromatic N) is 2. The van der Waals surface area contributed by atoms with Gasteiger partial charge in [0.05, 0.1) is 19.6 Å². The zero-order valence-corrected chi connectivity index (χ0v) is 23.2. The standard InChI is InChI=1S/C22H18N8O12S2/c31-19(21(33)25-27-43(39,40)17-8-4-15(5-9-17)29(35)36)23-13-2-1-3-14(12-13)24-20(32)22(34)26-28-44(41,42)18-10-6-16(7-11-18)30(37)38/h1-12,27-28H,(H,23,31)(H,24,32)(H,25,33)(H,26,34). The summed E-state index contributed by atoms with van der Waals surface area (Å²) in [7, 11) is -8.81. The van der Waals surface area contributed by atoms with Crippen LogP contribution >= 0.6 is 0 Å². The average Bonchev–Trinajstić information content (AvgIpc) is 2.98. The highest BCUT2D eigenvalue weighted by Crippen LogP contribution is 2.17. The number of nitrogens with one attached hydrogen (secondary N) is 6. The lowest BCUT2D eigenvalue weighted by atomic mass is 10.2. The van der Waals surface area contributed by atoms with E-state index in [1.165, 1.54) is 18.2 Å². The van der Waals surface area contributed by atoms with Crippen LogP contribution in [0.3, 0.4) is 0 Å². The number of hydrogen-bond acceptors (Lipinski definition) is 12. The van der Waals surface area contributed by atoms with Gasteiger partial charge in [0.1, 0.15) is 0 Å². The van der Waals surface area contributed by atoms with E-state index >= 15 is 0 Å². The molecule has 20 nitrogen and oxygen atoms in total. The molecule has 4 amide bonds. The van der Waals surface area contributed by atoms with Crippen LogP contribution in [0, 0.1) is 20.2 Å². The molecule has 3 aromatic rings. The maximum atomic E-state index is 12.2. The number of anilines is 2. The fourth-order valence-electron chi connectivity index (χ4n) is 3.00. The summed E-state index contributed by atoms with van der Waals surface area (Å²) >= 11 is 0. The zero-order chi connectivity index (χ0) is 32.7. The summed E-state index contributed by atoms with van der Waals surface area (Å²) in [4.78, 5) is 70.8. The molecule has 0 aliphatic rings. The predicted molar refractivity (Wildman–Crippen MR) is 147 cm³/mol. The van der Waals surface area contributed by atoms with E-state index in [4.69, 9.17) is 0 Å². The van der Waals surface area contributed by atoms with Crippen molar-refractivity contribution in [2.24, 2.45) is 0 Å². The maximum Gasteiger partial charge on any atom is 0.324 e. The molecule has 0 radical (unpaired) electrons. The number of non-ortho nitro benzene ring substituents is 2. The molecular weight excluding hydrogens is 632 g/mol. The van der Waals surface area contributed by atoms with Crippen LogP contribution in [0.15, 0.2) is 82.6 Å². The van der Waals surface area contributed by atoms with E-state index in [-0.39, 0.29) is 22.7 Å². The molecule has 0 saturated carbocycles. The van der Waals surface area contributed by atoms with Crippen LogP contribution in [-0.4, -0.2) is 50.3 Å². The van der Waals surface area contributed by atoms with Crippen LogP contribution in [0.5, 0.6) is 0 Å². The molecule has 230 valence electrons. The van der Waals surface area contributed by atoms with E-state index in [2.05, 4.69) is 10.6 Å². The van der Waals surface area contributed by atoms with E-state index < -0.39 is 63.3 Å². The normalized spacial score (nSPS) is 11.1. The maximum absolute atomic E-state index is 12.2. The fourth-order valence-corrected chi connectivity index (χ4v) is 4.68. The zero-order valence-electron chi connectivity index (χ0n) is 21.5. The summed E-state index contributed by atoms with van der Waals surface area (Å²) in [6.07, 6.45) is 0. The van der Waals surface area contributed by atoms with E-state index in [1.54, 1.807) is 20.5 Å². The molecule has 3 aromatic carbocycles. The first-order valence-corrected chi connectivity index (χ1v) is 14.4. The SMILES string of the molecule is O=C(NNS(=O)(=O)c1ccc([N+](=O)[O-])cc1)C(=O)Nc1cccc(NC(=O)C(=O)NNS(=O)(=O)c2ccc([N+](=O)[O-])cc2)c1. The smallest absolute Gasteiger partial charge is 0.318 e. The number of nitro groups is 2. The highest BCUT2D eigenvalue weighted by molar-refractivity contribution is 7.89. The molecule has 6 N–H and O–H groups in total. The number of nitro benzene ring substituents is 2. The lowest BCUT2D eigenvalue weighted by molar-refractivity contribution is -0.385. The van der Waals surface area contributed by atoms with Gasteiger partial charge in [-0.15, -0.1) is 9.66 Å². The molecule has 0 saturated heterocycles. The van der Waals surface area contributed by atoms with E-state index in [9.17, 15) is 56.2 Å². The van der Waals surface area contributed by atoms with Crippen molar-refractivity contribution in [1.82, 2.24) is 20.5 Å². The minimum absolute atomic E-state index is 0.0968. The average molecular weight is 651 g/mol. The highest BCUT2D eigenvalue weighted by Gasteiger charge is 2.22. The Hall–Kier alpha value is -5.84. The Morgan fingerprint density at radius 3 is 1.20 bits per heavy atom. The minimum Gasteiger partial charge on any atom is -0.318 e. The molecule has 44 heavy (non-hydrogen) atoms. The second-order valence-corrected chi connectivity index (χ2v) is 11.5. The van der Waals surface area contributed by atoms with Crippen molar-refractivity contribution in [2.45, 2.75) is 9.79 Å². The lowest BCUT2D eigenvalue weighted by Gasteiger charge is -2.11. The Kier molecular flexibility index (Phi) is 9.97. The fraction of sp³-hybridized carbons (Fsp3) is 0. The van der Waals surface area contributed by atoms with Gasteiger partial charge in [0, 0.05) is 35.6 Å². The Bertz CT molecular complexity index is 1730. The molecule has 0 bridgehead atoms. The third kappa shape index (κ3) is 8.58. The van der Waals surface area contributed by atoms with E-state index in [0.717, 1.165) is 54.6 Å². The summed E-state index contributed by atoms with van der Waals surface area (Å²) in [6, 6.07) is 12.2. The van der Waals surface area contributed by atoms with Crippen LogP contribution in [0.25, 0.3) is 0 Å². The number of carbonyl (C=O) groups excluding carboxylic acids is 4. The van der Waals surface area contributed by atoms with Gasteiger partial charge in [0.25, 0.3) is 31.4 Å². The number of hydrogen-bond donors (Lipinski definition) is 6. The highest BCUT2D eigenvalue weighted by atomic mass is 32.2. The second-order valence-electron chi connectivity index (χ2n) is 8.11. The first-order chi connectivity index (χ1) is 20.6. The largest absolute Gasteiger partial charge is 0.324 e. The number of sulfonamides is 2. The molecular formula is C22H18N8O12S2. The number of rotatable bonds is 10. The molecule has 22 heteroatoms. The summed E-state index contributed by atoms with van der Waals surface area (Å²) in [5.74, 6) is -5.66. The van der Waals surface area contributed by atoms with Gasteiger partial charge in [-0.05, 0) is 42.5 Å². The van der Waals surface area contributed by atoms with Gasteiger partial charge >= 0.3 is 23.6 Å². The number of hydrazine groups is 2. The van der Waals surface area contributed by atoms with Gasteiger partial charge in [-0.3, -0.25) is 50.3 Å². The van der Waals surface area contributed by atoms with Gasteiger partial charge < -0.3 is 10.6 Å². The lowest BCUT2D eigenvalue weighted by Crippen LogP contribution is -2.46.